The SMILES string of the molecule is [C-]#[N+]c1cccc(-c2nc(N)n3nc(Cc4c(F)cccc4-c4ccncc4)nc3c2-c2ccncc2)c1. The Morgan fingerprint density at radius 1 is 0.842 bits per heavy atom. The number of nitrogens with two attached hydrogens (primary N) is 1. The molecule has 0 saturated carbocycles. The maximum atomic E-state index is 15.1. The standard InChI is InChI=1S/C29H19FN8/c1-32-21-5-2-4-20(16-21)27-26(19-10-14-34-15-11-19)28-35-25(37-38(28)29(31)36-27)17-23-22(6-3-7-24(23)30)18-8-12-33-13-9-18/h2-16H,17H2,(H2,31,36). The van der Waals surface area contributed by atoms with E-state index in [1.165, 1.54) is 10.6 Å². The Kier molecular flexibility index (Phi) is 5.75. The van der Waals surface area contributed by atoms with E-state index in [1.807, 2.05) is 36.4 Å². The van der Waals surface area contributed by atoms with Crippen molar-refractivity contribution in [2.45, 2.75) is 6.42 Å². The minimum atomic E-state index is -0.352. The molecule has 0 bridgehead atoms. The van der Waals surface area contributed by atoms with E-state index in [2.05, 4.69) is 24.9 Å². The summed E-state index contributed by atoms with van der Waals surface area (Å²) in [4.78, 5) is 21.2. The van der Waals surface area contributed by atoms with Crippen LogP contribution in [-0.2, 0) is 6.42 Å². The molecule has 0 atom stereocenters. The Morgan fingerprint density at radius 2 is 1.55 bits per heavy atom. The monoisotopic (exact) mass is 498 g/mol. The summed E-state index contributed by atoms with van der Waals surface area (Å²) in [5.41, 5.74) is 12.2. The molecule has 0 spiro atoms. The zero-order valence-electron chi connectivity index (χ0n) is 20.0. The molecule has 38 heavy (non-hydrogen) atoms. The van der Waals surface area contributed by atoms with Crippen molar-refractivity contribution in [3.8, 4) is 33.5 Å². The number of nitrogens with zero attached hydrogens (tertiary/aromatic N) is 7. The Labute approximate surface area is 217 Å². The molecule has 6 rings (SSSR count). The van der Waals surface area contributed by atoms with Gasteiger partial charge in [0, 0.05) is 36.8 Å². The zero-order valence-corrected chi connectivity index (χ0v) is 20.0. The van der Waals surface area contributed by atoms with E-state index in [1.54, 1.807) is 49.1 Å². The Morgan fingerprint density at radius 3 is 2.29 bits per heavy atom. The van der Waals surface area contributed by atoms with Crippen LogP contribution in [0, 0.1) is 12.4 Å². The van der Waals surface area contributed by atoms with Crippen molar-refractivity contribution >= 4 is 17.3 Å². The molecule has 0 fully saturated rings. The average Bonchev–Trinajstić information content (AvgIpc) is 3.39. The maximum absolute atomic E-state index is 15.1. The predicted octanol–water partition coefficient (Wildman–Crippen LogP) is 5.78. The van der Waals surface area contributed by atoms with Gasteiger partial charge in [0.15, 0.2) is 17.2 Å². The summed E-state index contributed by atoms with van der Waals surface area (Å²) in [7, 11) is 0. The molecule has 6 aromatic rings. The molecule has 4 heterocycles. The van der Waals surface area contributed by atoms with Gasteiger partial charge in [-0.3, -0.25) is 9.97 Å². The maximum Gasteiger partial charge on any atom is 0.223 e. The highest BCUT2D eigenvalue weighted by Gasteiger charge is 2.21. The molecule has 0 unspecified atom stereocenters. The number of hydrogen-bond donors (Lipinski definition) is 1. The van der Waals surface area contributed by atoms with Crippen LogP contribution in [0.15, 0.2) is 91.5 Å². The fraction of sp³-hybridized carbons (Fsp3) is 0.0345. The molecule has 9 heteroatoms. The van der Waals surface area contributed by atoms with Crippen LogP contribution in [0.3, 0.4) is 0 Å². The molecule has 0 aliphatic heterocycles. The molecule has 0 aliphatic rings. The van der Waals surface area contributed by atoms with Crippen LogP contribution >= 0.6 is 0 Å². The number of aromatic nitrogens is 6. The molecule has 2 aromatic carbocycles. The summed E-state index contributed by atoms with van der Waals surface area (Å²) in [6.45, 7) is 7.41. The van der Waals surface area contributed by atoms with E-state index in [4.69, 9.17) is 17.3 Å². The highest BCUT2D eigenvalue weighted by molar-refractivity contribution is 5.91. The number of pyridine rings is 2. The normalized spacial score (nSPS) is 10.9. The predicted molar refractivity (Wildman–Crippen MR) is 143 cm³/mol. The van der Waals surface area contributed by atoms with E-state index in [0.717, 1.165) is 22.3 Å². The second kappa shape index (κ2) is 9.52. The summed E-state index contributed by atoms with van der Waals surface area (Å²) >= 11 is 0. The topological polar surface area (TPSA) is 99.2 Å². The van der Waals surface area contributed by atoms with Crippen molar-refractivity contribution in [1.82, 2.24) is 29.5 Å². The molecular formula is C29H19FN8. The van der Waals surface area contributed by atoms with Crippen LogP contribution < -0.4 is 5.73 Å². The second-order valence-electron chi connectivity index (χ2n) is 8.53. The third-order valence-electron chi connectivity index (χ3n) is 6.22. The lowest BCUT2D eigenvalue weighted by Gasteiger charge is -2.12. The summed E-state index contributed by atoms with van der Waals surface area (Å²) < 4.78 is 16.6. The van der Waals surface area contributed by atoms with Crippen molar-refractivity contribution in [3.63, 3.8) is 0 Å². The van der Waals surface area contributed by atoms with Crippen LogP contribution in [0.5, 0.6) is 0 Å². The first-order valence-corrected chi connectivity index (χ1v) is 11.7. The van der Waals surface area contributed by atoms with Crippen LogP contribution in [0.2, 0.25) is 0 Å². The summed E-state index contributed by atoms with van der Waals surface area (Å²) in [5, 5.41) is 4.61. The van der Waals surface area contributed by atoms with Crippen molar-refractivity contribution in [2.75, 3.05) is 5.73 Å². The first kappa shape index (κ1) is 22.9. The van der Waals surface area contributed by atoms with Gasteiger partial charge in [0.1, 0.15) is 5.82 Å². The summed E-state index contributed by atoms with van der Waals surface area (Å²) in [6.07, 6.45) is 6.85. The molecule has 4 aromatic heterocycles. The number of anilines is 1. The zero-order chi connectivity index (χ0) is 26.1. The lowest BCUT2D eigenvalue weighted by Crippen LogP contribution is -2.06. The Hall–Kier alpha value is -5.49. The number of fused-ring (bicyclic) bond motifs is 1. The second-order valence-corrected chi connectivity index (χ2v) is 8.53. The number of halogens is 1. The molecule has 0 amide bonds. The largest absolute Gasteiger partial charge is 0.368 e. The Balaban J connectivity index is 1.55. The number of nitrogen functional groups attached to an aromatic ring is 1. The van der Waals surface area contributed by atoms with Gasteiger partial charge in [0.2, 0.25) is 5.95 Å². The highest BCUT2D eigenvalue weighted by Crippen LogP contribution is 2.36. The van der Waals surface area contributed by atoms with Gasteiger partial charge in [-0.15, -0.1) is 5.10 Å². The van der Waals surface area contributed by atoms with Gasteiger partial charge in [-0.25, -0.2) is 19.2 Å². The van der Waals surface area contributed by atoms with Gasteiger partial charge in [-0.2, -0.15) is 4.52 Å². The van der Waals surface area contributed by atoms with Gasteiger partial charge in [0.05, 0.1) is 17.8 Å². The van der Waals surface area contributed by atoms with Crippen LogP contribution in [0.1, 0.15) is 11.4 Å². The van der Waals surface area contributed by atoms with E-state index < -0.39 is 0 Å². The minimum absolute atomic E-state index is 0.127. The van der Waals surface area contributed by atoms with Crippen LogP contribution in [-0.4, -0.2) is 29.5 Å². The van der Waals surface area contributed by atoms with Crippen molar-refractivity contribution in [1.29, 1.82) is 0 Å². The van der Waals surface area contributed by atoms with Crippen molar-refractivity contribution < 1.29 is 4.39 Å². The van der Waals surface area contributed by atoms with Gasteiger partial charge in [-0.1, -0.05) is 30.3 Å². The van der Waals surface area contributed by atoms with Crippen LogP contribution in [0.25, 0.3) is 44.0 Å². The average molecular weight is 499 g/mol. The van der Waals surface area contributed by atoms with E-state index in [9.17, 15) is 0 Å². The summed E-state index contributed by atoms with van der Waals surface area (Å²) in [5.74, 6) is 0.166. The fourth-order valence-corrected chi connectivity index (χ4v) is 4.49. The molecular weight excluding hydrogens is 479 g/mol. The van der Waals surface area contributed by atoms with E-state index >= 15 is 4.39 Å². The van der Waals surface area contributed by atoms with Gasteiger partial charge in [0.25, 0.3) is 0 Å². The first-order valence-electron chi connectivity index (χ1n) is 11.7. The lowest BCUT2D eigenvalue weighted by molar-refractivity contribution is 0.613. The first-order chi connectivity index (χ1) is 18.6. The molecule has 0 radical (unpaired) electrons. The Bertz CT molecular complexity index is 1830. The molecule has 0 aliphatic carbocycles. The third-order valence-corrected chi connectivity index (χ3v) is 6.22. The molecule has 182 valence electrons. The van der Waals surface area contributed by atoms with E-state index in [0.29, 0.717) is 34.0 Å². The highest BCUT2D eigenvalue weighted by atomic mass is 19.1. The quantitative estimate of drug-likeness (QED) is 0.303. The molecule has 8 nitrogen and oxygen atoms in total. The third kappa shape index (κ3) is 4.10. The van der Waals surface area contributed by atoms with Gasteiger partial charge < -0.3 is 5.73 Å². The molecule has 0 saturated heterocycles. The minimum Gasteiger partial charge on any atom is -0.368 e. The van der Waals surface area contributed by atoms with E-state index in [-0.39, 0.29) is 18.2 Å². The van der Waals surface area contributed by atoms with Gasteiger partial charge in [-0.05, 0) is 58.7 Å². The molecule has 2 N–H and O–H groups in total. The number of benzene rings is 2. The smallest absolute Gasteiger partial charge is 0.223 e. The van der Waals surface area contributed by atoms with Crippen molar-refractivity contribution in [3.05, 3.63) is 120 Å². The number of hydrogen-bond acceptors (Lipinski definition) is 6. The lowest BCUT2D eigenvalue weighted by atomic mass is 9.97. The van der Waals surface area contributed by atoms with Gasteiger partial charge >= 0.3 is 0 Å². The number of rotatable bonds is 5. The van der Waals surface area contributed by atoms with Crippen LogP contribution in [0.4, 0.5) is 16.0 Å². The summed E-state index contributed by atoms with van der Waals surface area (Å²) in [6, 6.07) is 19.5. The fourth-order valence-electron chi connectivity index (χ4n) is 4.49. The van der Waals surface area contributed by atoms with Crippen molar-refractivity contribution in [2.24, 2.45) is 0 Å².